The van der Waals surface area contributed by atoms with Crippen LogP contribution in [0.5, 0.6) is 23.0 Å². The lowest BCUT2D eigenvalue weighted by Crippen LogP contribution is -2.29. The maximum Gasteiger partial charge on any atom is 0.301 e. The molecule has 0 spiro atoms. The third-order valence-corrected chi connectivity index (χ3v) is 8.88. The third-order valence-electron chi connectivity index (χ3n) is 7.87. The van der Waals surface area contributed by atoms with Crippen molar-refractivity contribution in [3.05, 3.63) is 76.4 Å². The Morgan fingerprint density at radius 2 is 1.78 bits per heavy atom. The Morgan fingerprint density at radius 3 is 2.56 bits per heavy atom. The number of rotatable bonds is 10. The number of aliphatic hydroxyl groups is 1. The average molecular weight is 629 g/mol. The molecule has 1 N–H and O–H groups in total. The Bertz CT molecular complexity index is 1810. The predicted molar refractivity (Wildman–Crippen MR) is 174 cm³/mol. The molecule has 1 aromatic heterocycles. The van der Waals surface area contributed by atoms with Crippen molar-refractivity contribution in [2.45, 2.75) is 53.0 Å². The van der Waals surface area contributed by atoms with Crippen LogP contribution in [0.3, 0.4) is 0 Å². The normalized spacial score (nSPS) is 17.2. The number of unbranched alkanes of at least 4 members (excludes halogenated alkanes) is 2. The van der Waals surface area contributed by atoms with E-state index in [0.29, 0.717) is 65.7 Å². The van der Waals surface area contributed by atoms with Crippen molar-refractivity contribution >= 4 is 44.1 Å². The van der Waals surface area contributed by atoms with Gasteiger partial charge in [0.25, 0.3) is 5.78 Å². The topological polar surface area (TPSA) is 107 Å². The minimum absolute atomic E-state index is 0.0529. The van der Waals surface area contributed by atoms with Crippen LogP contribution in [0.15, 0.2) is 54.1 Å². The van der Waals surface area contributed by atoms with E-state index in [4.69, 9.17) is 23.9 Å². The van der Waals surface area contributed by atoms with Gasteiger partial charge in [-0.1, -0.05) is 43.2 Å². The summed E-state index contributed by atoms with van der Waals surface area (Å²) < 4.78 is 24.3. The van der Waals surface area contributed by atoms with Crippen LogP contribution < -0.4 is 23.8 Å². The third kappa shape index (κ3) is 5.82. The second-order valence-corrected chi connectivity index (χ2v) is 12.2. The van der Waals surface area contributed by atoms with E-state index < -0.39 is 17.7 Å². The number of hydrogen-bond acceptors (Lipinski definition) is 9. The zero-order chi connectivity index (χ0) is 31.7. The number of aromatic nitrogens is 1. The highest BCUT2D eigenvalue weighted by Gasteiger charge is 2.48. The number of nitrogens with zero attached hydrogens (tertiary/aromatic N) is 2. The highest BCUT2D eigenvalue weighted by atomic mass is 32.1. The Labute approximate surface area is 266 Å². The number of Topliss-reactive ketones (excluding diaryl/α,β-unsaturated/α-hetero) is 1. The van der Waals surface area contributed by atoms with Crippen LogP contribution in [0, 0.1) is 13.8 Å². The Balaban J connectivity index is 1.50. The first-order valence-corrected chi connectivity index (χ1v) is 16.1. The molecule has 1 atom stereocenters. The van der Waals surface area contributed by atoms with Crippen LogP contribution in [0.2, 0.25) is 0 Å². The van der Waals surface area contributed by atoms with E-state index in [2.05, 4.69) is 6.92 Å². The number of hydrogen-bond donors (Lipinski definition) is 1. The lowest BCUT2D eigenvalue weighted by Gasteiger charge is -2.24. The van der Waals surface area contributed by atoms with E-state index in [9.17, 15) is 14.7 Å². The fraction of sp³-hybridized carbons (Fsp3) is 0.343. The zero-order valence-electron chi connectivity index (χ0n) is 25.8. The second-order valence-electron chi connectivity index (χ2n) is 11.1. The molecule has 2 aliphatic rings. The number of ether oxygens (including phenoxy) is 4. The number of fused-ring (bicyclic) bond motifs is 2. The summed E-state index contributed by atoms with van der Waals surface area (Å²) in [5.41, 5.74) is 3.66. The van der Waals surface area contributed by atoms with Gasteiger partial charge in [0.1, 0.15) is 19.0 Å². The summed E-state index contributed by atoms with van der Waals surface area (Å²) >= 11 is 1.33. The molecule has 1 saturated heterocycles. The van der Waals surface area contributed by atoms with Crippen LogP contribution in [0.25, 0.3) is 16.0 Å². The summed E-state index contributed by atoms with van der Waals surface area (Å²) in [5, 5.41) is 12.1. The van der Waals surface area contributed by atoms with Crippen molar-refractivity contribution in [2.75, 3.05) is 31.3 Å². The molecule has 3 heterocycles. The lowest BCUT2D eigenvalue weighted by molar-refractivity contribution is -0.132. The fourth-order valence-corrected chi connectivity index (χ4v) is 6.94. The van der Waals surface area contributed by atoms with E-state index in [1.54, 1.807) is 36.4 Å². The van der Waals surface area contributed by atoms with E-state index in [1.807, 2.05) is 32.9 Å². The summed E-state index contributed by atoms with van der Waals surface area (Å²) in [5.74, 6) is 0.174. The predicted octanol–water partition coefficient (Wildman–Crippen LogP) is 7.28. The molecule has 0 aliphatic carbocycles. The molecule has 45 heavy (non-hydrogen) atoms. The quantitative estimate of drug-likeness (QED) is 0.0845. The first kappa shape index (κ1) is 30.5. The molecule has 6 rings (SSSR count). The molecule has 9 nitrogen and oxygen atoms in total. The zero-order valence-corrected chi connectivity index (χ0v) is 26.7. The SMILES string of the molecule is CCCCCOc1ccc(C2/C(=C(\O)c3ccc4c(c3)OCCO4)C(=O)C(=O)N2c2nc3c(C)cc(C)cc3s2)cc1OCC. The largest absolute Gasteiger partial charge is 0.507 e. The van der Waals surface area contributed by atoms with Crippen molar-refractivity contribution in [1.29, 1.82) is 0 Å². The number of thiazole rings is 1. The second kappa shape index (κ2) is 12.8. The molecule has 0 saturated carbocycles. The molecule has 2 aliphatic heterocycles. The van der Waals surface area contributed by atoms with Gasteiger partial charge in [0.05, 0.1) is 35.0 Å². The lowest BCUT2D eigenvalue weighted by atomic mass is 9.95. The highest BCUT2D eigenvalue weighted by Crippen LogP contribution is 2.47. The van der Waals surface area contributed by atoms with Crippen LogP contribution >= 0.6 is 11.3 Å². The summed E-state index contributed by atoms with van der Waals surface area (Å²) in [6.07, 6.45) is 3.04. The molecule has 3 aromatic carbocycles. The summed E-state index contributed by atoms with van der Waals surface area (Å²) in [6, 6.07) is 13.4. The van der Waals surface area contributed by atoms with E-state index in [0.717, 1.165) is 40.6 Å². The number of aliphatic hydroxyl groups excluding tert-OH is 1. The molecule has 0 radical (unpaired) electrons. The van der Waals surface area contributed by atoms with Crippen molar-refractivity contribution in [3.63, 3.8) is 0 Å². The summed E-state index contributed by atoms with van der Waals surface area (Å²) in [7, 11) is 0. The first-order chi connectivity index (χ1) is 21.8. The average Bonchev–Trinajstić information content (AvgIpc) is 3.57. The fourth-order valence-electron chi connectivity index (χ4n) is 5.77. The van der Waals surface area contributed by atoms with Crippen LogP contribution in [-0.4, -0.2) is 48.2 Å². The number of carbonyl (C=O) groups is 2. The van der Waals surface area contributed by atoms with Gasteiger partial charge in [-0.3, -0.25) is 14.5 Å². The van der Waals surface area contributed by atoms with Gasteiger partial charge in [-0.15, -0.1) is 0 Å². The monoisotopic (exact) mass is 628 g/mol. The maximum absolute atomic E-state index is 13.9. The molecule has 234 valence electrons. The number of ketones is 1. The summed E-state index contributed by atoms with van der Waals surface area (Å²) in [6.45, 7) is 9.72. The molecule has 1 fully saturated rings. The maximum atomic E-state index is 13.9. The molecule has 1 unspecified atom stereocenters. The molecular weight excluding hydrogens is 592 g/mol. The minimum Gasteiger partial charge on any atom is -0.507 e. The highest BCUT2D eigenvalue weighted by molar-refractivity contribution is 7.22. The van der Waals surface area contributed by atoms with E-state index in [-0.39, 0.29) is 11.3 Å². The van der Waals surface area contributed by atoms with Gasteiger partial charge < -0.3 is 24.1 Å². The summed E-state index contributed by atoms with van der Waals surface area (Å²) in [4.78, 5) is 33.9. The van der Waals surface area contributed by atoms with Crippen LogP contribution in [0.1, 0.15) is 61.4 Å². The van der Waals surface area contributed by atoms with E-state index in [1.165, 1.54) is 16.2 Å². The van der Waals surface area contributed by atoms with Gasteiger partial charge in [0.2, 0.25) is 0 Å². The van der Waals surface area contributed by atoms with Crippen molar-refractivity contribution < 1.29 is 33.6 Å². The van der Waals surface area contributed by atoms with Crippen LogP contribution in [0.4, 0.5) is 5.13 Å². The van der Waals surface area contributed by atoms with Crippen molar-refractivity contribution in [3.8, 4) is 23.0 Å². The van der Waals surface area contributed by atoms with Gasteiger partial charge in [-0.2, -0.15) is 0 Å². The van der Waals surface area contributed by atoms with Crippen molar-refractivity contribution in [1.82, 2.24) is 4.98 Å². The number of aryl methyl sites for hydroxylation is 2. The number of benzene rings is 3. The van der Waals surface area contributed by atoms with Gasteiger partial charge >= 0.3 is 5.91 Å². The van der Waals surface area contributed by atoms with Crippen LogP contribution in [-0.2, 0) is 9.59 Å². The van der Waals surface area contributed by atoms with E-state index >= 15 is 0 Å². The molecule has 1 amide bonds. The smallest absolute Gasteiger partial charge is 0.301 e. The number of carbonyl (C=O) groups excluding carboxylic acids is 2. The molecule has 0 bridgehead atoms. The minimum atomic E-state index is -0.978. The van der Waals surface area contributed by atoms with Crippen molar-refractivity contribution in [2.24, 2.45) is 0 Å². The number of anilines is 1. The Morgan fingerprint density at radius 1 is 0.978 bits per heavy atom. The number of amides is 1. The molecule has 4 aromatic rings. The molecule has 10 heteroatoms. The standard InChI is InChI=1S/C35H36N2O7S/c1-5-7-8-13-42-24-11-9-22(18-26(24)41-6-2)31-29(32(38)23-10-12-25-27(19-23)44-15-14-43-25)33(39)34(40)37(31)35-36-30-21(4)16-20(3)17-28(30)45-35/h9-12,16-19,31,38H,5-8,13-15H2,1-4H3/b32-29+. The Hall–Kier alpha value is -4.57. The van der Waals surface area contributed by atoms with Gasteiger partial charge in [0, 0.05) is 5.56 Å². The van der Waals surface area contributed by atoms with Gasteiger partial charge in [-0.25, -0.2) is 4.98 Å². The Kier molecular flexibility index (Phi) is 8.67. The molecular formula is C35H36N2O7S. The first-order valence-electron chi connectivity index (χ1n) is 15.3. The van der Waals surface area contributed by atoms with Gasteiger partial charge in [0.15, 0.2) is 28.1 Å². The van der Waals surface area contributed by atoms with Gasteiger partial charge in [-0.05, 0) is 80.3 Å².